The summed E-state index contributed by atoms with van der Waals surface area (Å²) in [5, 5.41) is 9.85. The van der Waals surface area contributed by atoms with E-state index in [9.17, 15) is 4.79 Å². The minimum absolute atomic E-state index is 0.0267. The van der Waals surface area contributed by atoms with Gasteiger partial charge in [-0.2, -0.15) is 0 Å². The van der Waals surface area contributed by atoms with Crippen LogP contribution < -0.4 is 31.0 Å². The first kappa shape index (κ1) is 23.6. The molecule has 0 bridgehead atoms. The average molecular weight is 423 g/mol. The zero-order valence-corrected chi connectivity index (χ0v) is 18.1. The van der Waals surface area contributed by atoms with Crippen molar-refractivity contribution in [1.29, 1.82) is 5.41 Å². The molecule has 1 heterocycles. The number of hydrogen-bond donors (Lipinski definition) is 4. The van der Waals surface area contributed by atoms with Crippen LogP contribution >= 0.6 is 0 Å². The standard InChI is InChI=1S/C20H34N6O4/c1-28-16-7-6-14(17(29-2)18(16)30-3)13-25-9-11-26(12-10-25)19(27)15(21)5-4-8-24-20(22)23/h6-7,15H,4-5,8-13,21H2,1-3H3,(H4,22,23,24)/t15-/m0/s1. The van der Waals surface area contributed by atoms with Crippen molar-refractivity contribution in [3.05, 3.63) is 17.7 Å². The van der Waals surface area contributed by atoms with Crippen LogP contribution in [0.25, 0.3) is 0 Å². The summed E-state index contributed by atoms with van der Waals surface area (Å²) in [6.45, 7) is 4.00. The lowest BCUT2D eigenvalue weighted by Crippen LogP contribution is -2.53. The molecule has 10 heteroatoms. The summed E-state index contributed by atoms with van der Waals surface area (Å²) in [7, 11) is 4.80. The van der Waals surface area contributed by atoms with Gasteiger partial charge in [0.25, 0.3) is 0 Å². The molecule has 30 heavy (non-hydrogen) atoms. The highest BCUT2D eigenvalue weighted by Crippen LogP contribution is 2.40. The highest BCUT2D eigenvalue weighted by Gasteiger charge is 2.26. The maximum absolute atomic E-state index is 12.6. The first-order valence-electron chi connectivity index (χ1n) is 10.0. The van der Waals surface area contributed by atoms with Crippen molar-refractivity contribution in [2.24, 2.45) is 11.5 Å². The lowest BCUT2D eigenvalue weighted by Gasteiger charge is -2.36. The van der Waals surface area contributed by atoms with Gasteiger partial charge in [0.05, 0.1) is 27.4 Å². The molecule has 1 aliphatic rings. The molecule has 0 spiro atoms. The summed E-state index contributed by atoms with van der Waals surface area (Å²) in [4.78, 5) is 16.7. The van der Waals surface area contributed by atoms with Crippen molar-refractivity contribution >= 4 is 11.9 Å². The molecule has 0 aromatic heterocycles. The fraction of sp³-hybridized carbons (Fsp3) is 0.600. The molecule has 6 N–H and O–H groups in total. The minimum atomic E-state index is -0.531. The Balaban J connectivity index is 1.87. The number of carbonyl (C=O) groups is 1. The summed E-state index contributed by atoms with van der Waals surface area (Å²) in [6, 6.07) is 3.32. The number of carbonyl (C=O) groups excluding carboxylic acids is 1. The molecule has 168 valence electrons. The Bertz CT molecular complexity index is 721. The number of nitrogens with one attached hydrogen (secondary N) is 2. The van der Waals surface area contributed by atoms with E-state index in [0.29, 0.717) is 56.3 Å². The van der Waals surface area contributed by atoms with Crippen LogP contribution in [0, 0.1) is 5.41 Å². The van der Waals surface area contributed by atoms with E-state index >= 15 is 0 Å². The molecule has 0 unspecified atom stereocenters. The monoisotopic (exact) mass is 422 g/mol. The first-order valence-corrected chi connectivity index (χ1v) is 10.0. The molecule has 1 aliphatic heterocycles. The van der Waals surface area contributed by atoms with Gasteiger partial charge in [-0.1, -0.05) is 6.07 Å². The van der Waals surface area contributed by atoms with Crippen molar-refractivity contribution in [2.75, 3.05) is 54.1 Å². The number of benzene rings is 1. The largest absolute Gasteiger partial charge is 0.493 e. The maximum Gasteiger partial charge on any atom is 0.239 e. The topological polar surface area (TPSA) is 139 Å². The van der Waals surface area contributed by atoms with Gasteiger partial charge < -0.3 is 35.9 Å². The number of piperazine rings is 1. The predicted octanol–water partition coefficient (Wildman–Crippen LogP) is -0.0528. The highest BCUT2D eigenvalue weighted by atomic mass is 16.5. The number of guanidine groups is 1. The predicted molar refractivity (Wildman–Crippen MR) is 115 cm³/mol. The Morgan fingerprint density at radius 1 is 1.13 bits per heavy atom. The van der Waals surface area contributed by atoms with Crippen LogP contribution in [-0.4, -0.2) is 81.8 Å². The van der Waals surface area contributed by atoms with Gasteiger partial charge in [-0.3, -0.25) is 15.1 Å². The first-order chi connectivity index (χ1) is 14.4. The molecule has 0 saturated carbocycles. The third-order valence-electron chi connectivity index (χ3n) is 5.19. The van der Waals surface area contributed by atoms with Crippen LogP contribution in [0.3, 0.4) is 0 Å². The zero-order chi connectivity index (χ0) is 22.1. The molecule has 1 aromatic carbocycles. The lowest BCUT2D eigenvalue weighted by atomic mass is 10.1. The molecule has 10 nitrogen and oxygen atoms in total. The Morgan fingerprint density at radius 3 is 2.37 bits per heavy atom. The van der Waals surface area contributed by atoms with Crippen molar-refractivity contribution in [1.82, 2.24) is 15.1 Å². The van der Waals surface area contributed by atoms with Crippen LogP contribution in [0.15, 0.2) is 12.1 Å². The van der Waals surface area contributed by atoms with Crippen molar-refractivity contribution < 1.29 is 19.0 Å². The number of hydrogen-bond acceptors (Lipinski definition) is 7. The van der Waals surface area contributed by atoms with E-state index in [4.69, 9.17) is 31.1 Å². The molecular weight excluding hydrogens is 388 g/mol. The second-order valence-electron chi connectivity index (χ2n) is 7.18. The Kier molecular flexibility index (Phi) is 9.00. The van der Waals surface area contributed by atoms with Gasteiger partial charge in [0.1, 0.15) is 0 Å². The van der Waals surface area contributed by atoms with Crippen molar-refractivity contribution in [2.45, 2.75) is 25.4 Å². The number of rotatable bonds is 10. The molecule has 0 aliphatic carbocycles. The summed E-state index contributed by atoms with van der Waals surface area (Å²) >= 11 is 0. The molecule has 1 fully saturated rings. The van der Waals surface area contributed by atoms with Crippen molar-refractivity contribution in [3.63, 3.8) is 0 Å². The number of methoxy groups -OCH3 is 3. The SMILES string of the molecule is COc1ccc(CN2CCN(C(=O)[C@@H](N)CCCNC(=N)N)CC2)c(OC)c1OC. The van der Waals surface area contributed by atoms with Crippen LogP contribution in [0.4, 0.5) is 0 Å². The Hall–Kier alpha value is -2.72. The summed E-state index contributed by atoms with van der Waals surface area (Å²) in [6.07, 6.45) is 1.24. The molecule has 1 atom stereocenters. The van der Waals surface area contributed by atoms with Crippen LogP contribution in [-0.2, 0) is 11.3 Å². The van der Waals surface area contributed by atoms with E-state index < -0.39 is 6.04 Å². The molecular formula is C20H34N6O4. The number of ether oxygens (including phenoxy) is 3. The highest BCUT2D eigenvalue weighted by molar-refractivity contribution is 5.81. The quantitative estimate of drug-likeness (QED) is 0.234. The summed E-state index contributed by atoms with van der Waals surface area (Å²) < 4.78 is 16.4. The van der Waals surface area contributed by atoms with Gasteiger partial charge in [0.15, 0.2) is 17.5 Å². The van der Waals surface area contributed by atoms with E-state index in [-0.39, 0.29) is 11.9 Å². The normalized spacial score (nSPS) is 15.4. The number of nitrogens with zero attached hydrogens (tertiary/aromatic N) is 2. The summed E-state index contributed by atoms with van der Waals surface area (Å²) in [5.74, 6) is 1.77. The van der Waals surface area contributed by atoms with Gasteiger partial charge >= 0.3 is 0 Å². The van der Waals surface area contributed by atoms with E-state index in [1.54, 1.807) is 21.3 Å². The fourth-order valence-corrected chi connectivity index (χ4v) is 3.56. The van der Waals surface area contributed by atoms with Gasteiger partial charge in [-0.25, -0.2) is 0 Å². The third kappa shape index (κ3) is 6.14. The van der Waals surface area contributed by atoms with E-state index in [0.717, 1.165) is 18.7 Å². The molecule has 2 rings (SSSR count). The van der Waals surface area contributed by atoms with E-state index in [2.05, 4.69) is 10.2 Å². The van der Waals surface area contributed by atoms with Crippen molar-refractivity contribution in [3.8, 4) is 17.2 Å². The van der Waals surface area contributed by atoms with Crippen LogP contribution in [0.1, 0.15) is 18.4 Å². The molecule has 0 radical (unpaired) electrons. The third-order valence-corrected chi connectivity index (χ3v) is 5.19. The van der Waals surface area contributed by atoms with E-state index in [1.165, 1.54) is 0 Å². The van der Waals surface area contributed by atoms with Gasteiger partial charge in [-0.05, 0) is 18.9 Å². The molecule has 1 amide bonds. The van der Waals surface area contributed by atoms with Crippen LogP contribution in [0.5, 0.6) is 17.2 Å². The lowest BCUT2D eigenvalue weighted by molar-refractivity contribution is -0.134. The summed E-state index contributed by atoms with van der Waals surface area (Å²) in [5.41, 5.74) is 12.3. The van der Waals surface area contributed by atoms with Gasteiger partial charge in [0, 0.05) is 44.8 Å². The van der Waals surface area contributed by atoms with E-state index in [1.807, 2.05) is 17.0 Å². The second-order valence-corrected chi connectivity index (χ2v) is 7.18. The average Bonchev–Trinajstić information content (AvgIpc) is 2.75. The maximum atomic E-state index is 12.6. The van der Waals surface area contributed by atoms with Gasteiger partial charge in [0.2, 0.25) is 11.7 Å². The smallest absolute Gasteiger partial charge is 0.239 e. The fourth-order valence-electron chi connectivity index (χ4n) is 3.56. The second kappa shape index (κ2) is 11.5. The minimum Gasteiger partial charge on any atom is -0.493 e. The number of amides is 1. The Morgan fingerprint density at radius 2 is 1.80 bits per heavy atom. The van der Waals surface area contributed by atoms with Crippen LogP contribution in [0.2, 0.25) is 0 Å². The zero-order valence-electron chi connectivity index (χ0n) is 18.1. The number of nitrogens with two attached hydrogens (primary N) is 2. The van der Waals surface area contributed by atoms with Gasteiger partial charge in [-0.15, -0.1) is 0 Å². The Labute approximate surface area is 177 Å². The molecule has 1 aromatic rings. The molecule has 1 saturated heterocycles.